The van der Waals surface area contributed by atoms with Gasteiger partial charge in [0, 0.05) is 17.4 Å². The fourth-order valence-electron chi connectivity index (χ4n) is 1.74. The zero-order valence-corrected chi connectivity index (χ0v) is 10.5. The fourth-order valence-corrected chi connectivity index (χ4v) is 2.45. The third kappa shape index (κ3) is 2.10. The van der Waals surface area contributed by atoms with Crippen molar-refractivity contribution in [3.8, 4) is 0 Å². The van der Waals surface area contributed by atoms with Gasteiger partial charge in [0.15, 0.2) is 0 Å². The number of nitrogens with zero attached hydrogens (tertiary/aromatic N) is 3. The molecule has 1 aromatic carbocycles. The molecule has 6 heteroatoms. The molecule has 0 atom stereocenters. The molecule has 0 fully saturated rings. The Morgan fingerprint density at radius 3 is 2.94 bits per heavy atom. The minimum Gasteiger partial charge on any atom is -0.368 e. The van der Waals surface area contributed by atoms with E-state index in [1.54, 1.807) is 11.3 Å². The van der Waals surface area contributed by atoms with Crippen molar-refractivity contribution in [3.05, 3.63) is 35.5 Å². The molecule has 18 heavy (non-hydrogen) atoms. The molecule has 0 spiro atoms. The summed E-state index contributed by atoms with van der Waals surface area (Å²) >= 11 is 1.61. The van der Waals surface area contributed by atoms with E-state index in [0.717, 1.165) is 21.6 Å². The van der Waals surface area contributed by atoms with Crippen LogP contribution in [-0.4, -0.2) is 15.0 Å². The molecule has 2 heterocycles. The fraction of sp³-hybridized carbons (Fsp3) is 0.0833. The second kappa shape index (κ2) is 4.23. The van der Waals surface area contributed by atoms with Crippen molar-refractivity contribution in [1.82, 2.24) is 15.0 Å². The molecule has 0 aliphatic heterocycles. The molecule has 0 saturated carbocycles. The lowest BCUT2D eigenvalue weighted by Gasteiger charge is -2.06. The van der Waals surface area contributed by atoms with Crippen LogP contribution in [0.25, 0.3) is 10.2 Å². The van der Waals surface area contributed by atoms with E-state index >= 15 is 0 Å². The highest BCUT2D eigenvalue weighted by Crippen LogP contribution is 2.24. The number of nitrogen functional groups attached to an aromatic ring is 1. The Labute approximate surface area is 108 Å². The summed E-state index contributed by atoms with van der Waals surface area (Å²) in [6, 6.07) is 7.84. The van der Waals surface area contributed by atoms with Crippen LogP contribution in [0.3, 0.4) is 0 Å². The molecule has 0 amide bonds. The first-order chi connectivity index (χ1) is 8.70. The van der Waals surface area contributed by atoms with Gasteiger partial charge in [-0.3, -0.25) is 0 Å². The van der Waals surface area contributed by atoms with Crippen molar-refractivity contribution in [2.75, 3.05) is 11.1 Å². The molecule has 3 rings (SSSR count). The largest absolute Gasteiger partial charge is 0.368 e. The van der Waals surface area contributed by atoms with Gasteiger partial charge in [0.25, 0.3) is 0 Å². The molecule has 90 valence electrons. The third-order valence-corrected chi connectivity index (χ3v) is 3.27. The minimum atomic E-state index is 0.274. The van der Waals surface area contributed by atoms with E-state index in [-0.39, 0.29) is 5.95 Å². The normalized spacial score (nSPS) is 10.7. The Morgan fingerprint density at radius 1 is 1.22 bits per heavy atom. The number of fused-ring (bicyclic) bond motifs is 1. The van der Waals surface area contributed by atoms with Crippen molar-refractivity contribution in [2.45, 2.75) is 6.92 Å². The Balaban J connectivity index is 1.95. The molecule has 0 radical (unpaired) electrons. The van der Waals surface area contributed by atoms with Gasteiger partial charge in [-0.05, 0) is 25.1 Å². The van der Waals surface area contributed by atoms with E-state index in [4.69, 9.17) is 5.73 Å². The number of thiazole rings is 1. The Kier molecular flexibility index (Phi) is 2.56. The van der Waals surface area contributed by atoms with Gasteiger partial charge in [0.1, 0.15) is 5.82 Å². The van der Waals surface area contributed by atoms with Gasteiger partial charge in [0.05, 0.1) is 15.7 Å². The Bertz CT molecular complexity index is 686. The van der Waals surface area contributed by atoms with Crippen LogP contribution in [0.15, 0.2) is 29.8 Å². The average Bonchev–Trinajstić information content (AvgIpc) is 2.74. The van der Waals surface area contributed by atoms with Crippen LogP contribution < -0.4 is 11.1 Å². The minimum absolute atomic E-state index is 0.274. The van der Waals surface area contributed by atoms with E-state index in [1.807, 2.05) is 36.7 Å². The molecule has 0 aliphatic rings. The van der Waals surface area contributed by atoms with Crippen molar-refractivity contribution in [3.63, 3.8) is 0 Å². The van der Waals surface area contributed by atoms with Gasteiger partial charge >= 0.3 is 0 Å². The van der Waals surface area contributed by atoms with Crippen molar-refractivity contribution >= 4 is 39.0 Å². The molecule has 5 nitrogen and oxygen atoms in total. The van der Waals surface area contributed by atoms with Crippen LogP contribution in [0, 0.1) is 6.92 Å². The van der Waals surface area contributed by atoms with E-state index in [2.05, 4.69) is 20.3 Å². The van der Waals surface area contributed by atoms with E-state index in [9.17, 15) is 0 Å². The van der Waals surface area contributed by atoms with Crippen molar-refractivity contribution in [2.24, 2.45) is 0 Å². The summed E-state index contributed by atoms with van der Waals surface area (Å²) in [5.74, 6) is 0.972. The Hall–Kier alpha value is -2.21. The van der Waals surface area contributed by atoms with Gasteiger partial charge in [-0.2, -0.15) is 4.98 Å². The summed E-state index contributed by atoms with van der Waals surface area (Å²) in [5.41, 5.74) is 10.3. The van der Waals surface area contributed by atoms with Crippen LogP contribution in [0.1, 0.15) is 5.69 Å². The van der Waals surface area contributed by atoms with Gasteiger partial charge in [-0.15, -0.1) is 11.3 Å². The topological polar surface area (TPSA) is 76.7 Å². The van der Waals surface area contributed by atoms with Crippen molar-refractivity contribution < 1.29 is 0 Å². The maximum absolute atomic E-state index is 5.62. The van der Waals surface area contributed by atoms with Gasteiger partial charge in [0.2, 0.25) is 5.95 Å². The average molecular weight is 257 g/mol. The molecule has 0 bridgehead atoms. The lowest BCUT2D eigenvalue weighted by atomic mass is 10.3. The maximum Gasteiger partial charge on any atom is 0.222 e. The van der Waals surface area contributed by atoms with Crippen LogP contribution in [0.5, 0.6) is 0 Å². The summed E-state index contributed by atoms with van der Waals surface area (Å²) < 4.78 is 1.14. The number of benzene rings is 1. The van der Waals surface area contributed by atoms with E-state index in [1.165, 1.54) is 0 Å². The first-order valence-corrected chi connectivity index (χ1v) is 6.30. The van der Waals surface area contributed by atoms with Crippen LogP contribution in [0.2, 0.25) is 0 Å². The molecule has 0 unspecified atom stereocenters. The summed E-state index contributed by atoms with van der Waals surface area (Å²) in [6.07, 6.45) is 0. The zero-order chi connectivity index (χ0) is 12.5. The first-order valence-electron chi connectivity index (χ1n) is 5.42. The summed E-state index contributed by atoms with van der Waals surface area (Å²) in [5, 5.41) is 3.22. The number of rotatable bonds is 2. The number of nitrogens with two attached hydrogens (primary N) is 1. The maximum atomic E-state index is 5.62. The molecule has 0 saturated heterocycles. The molecule has 3 N–H and O–H groups in total. The molecule has 3 aromatic rings. The number of nitrogens with one attached hydrogen (secondary N) is 1. The smallest absolute Gasteiger partial charge is 0.222 e. The summed E-state index contributed by atoms with van der Waals surface area (Å²) in [7, 11) is 0. The predicted molar refractivity (Wildman–Crippen MR) is 74.1 cm³/mol. The highest BCUT2D eigenvalue weighted by atomic mass is 32.1. The predicted octanol–water partition coefficient (Wildman–Crippen LogP) is 2.72. The molecular weight excluding hydrogens is 246 g/mol. The van der Waals surface area contributed by atoms with E-state index < -0.39 is 0 Å². The third-order valence-electron chi connectivity index (χ3n) is 2.48. The quantitative estimate of drug-likeness (QED) is 0.738. The summed E-state index contributed by atoms with van der Waals surface area (Å²) in [6.45, 7) is 1.88. The van der Waals surface area contributed by atoms with Crippen LogP contribution in [0.4, 0.5) is 17.5 Å². The standard InChI is InChI=1S/C12H11N5S/c1-7-4-11(17-12(13)15-7)16-8-2-3-9-10(5-8)18-6-14-9/h2-6H,1H3,(H3,13,15,16,17). The Morgan fingerprint density at radius 2 is 2.11 bits per heavy atom. The number of hydrogen-bond donors (Lipinski definition) is 2. The first kappa shape index (κ1) is 10.9. The number of hydrogen-bond acceptors (Lipinski definition) is 6. The molecule has 2 aromatic heterocycles. The van der Waals surface area contributed by atoms with E-state index in [0.29, 0.717) is 5.82 Å². The number of aromatic nitrogens is 3. The molecule has 0 aliphatic carbocycles. The van der Waals surface area contributed by atoms with Crippen LogP contribution in [-0.2, 0) is 0 Å². The van der Waals surface area contributed by atoms with Gasteiger partial charge < -0.3 is 11.1 Å². The van der Waals surface area contributed by atoms with Gasteiger partial charge in [-0.1, -0.05) is 0 Å². The monoisotopic (exact) mass is 257 g/mol. The van der Waals surface area contributed by atoms with Crippen LogP contribution >= 0.6 is 11.3 Å². The number of aryl methyl sites for hydroxylation is 1. The highest BCUT2D eigenvalue weighted by molar-refractivity contribution is 7.16. The number of anilines is 3. The zero-order valence-electron chi connectivity index (χ0n) is 9.71. The lowest BCUT2D eigenvalue weighted by molar-refractivity contribution is 1.12. The summed E-state index contributed by atoms with van der Waals surface area (Å²) in [4.78, 5) is 12.4. The highest BCUT2D eigenvalue weighted by Gasteiger charge is 2.02. The second-order valence-electron chi connectivity index (χ2n) is 3.91. The lowest BCUT2D eigenvalue weighted by Crippen LogP contribution is -2.01. The second-order valence-corrected chi connectivity index (χ2v) is 4.80. The molecular formula is C12H11N5S. The van der Waals surface area contributed by atoms with Gasteiger partial charge in [-0.25, -0.2) is 9.97 Å². The SMILES string of the molecule is Cc1cc(Nc2ccc3ncsc3c2)nc(N)n1. The van der Waals surface area contributed by atoms with Crippen molar-refractivity contribution in [1.29, 1.82) is 0 Å².